The zero-order valence-corrected chi connectivity index (χ0v) is 12.3. The number of hydrogen-bond donors (Lipinski definition) is 0. The van der Waals surface area contributed by atoms with Crippen molar-refractivity contribution in [3.05, 3.63) is 52.6 Å². The first-order chi connectivity index (χ1) is 9.59. The summed E-state index contributed by atoms with van der Waals surface area (Å²) in [5, 5.41) is 0.266. The average Bonchev–Trinajstić information content (AvgIpc) is 2.82. The van der Waals surface area contributed by atoms with Crippen LogP contribution in [0.4, 0.5) is 0 Å². The monoisotopic (exact) mass is 289 g/mol. The molecule has 4 nitrogen and oxygen atoms in total. The van der Waals surface area contributed by atoms with Crippen molar-refractivity contribution in [3.63, 3.8) is 0 Å². The lowest BCUT2D eigenvalue weighted by atomic mass is 10.1. The predicted molar refractivity (Wildman–Crippen MR) is 77.9 cm³/mol. The van der Waals surface area contributed by atoms with Crippen molar-refractivity contribution in [2.75, 3.05) is 6.54 Å². The lowest BCUT2D eigenvalue weighted by Gasteiger charge is -2.35. The smallest absolute Gasteiger partial charge is 0.257 e. The maximum Gasteiger partial charge on any atom is 0.257 e. The lowest BCUT2D eigenvalue weighted by molar-refractivity contribution is 0.0642. The number of aryl methyl sites for hydroxylation is 1. The van der Waals surface area contributed by atoms with E-state index >= 15 is 0 Å². The Balaban J connectivity index is 1.93. The van der Waals surface area contributed by atoms with Crippen LogP contribution in [0.1, 0.15) is 34.7 Å². The summed E-state index contributed by atoms with van der Waals surface area (Å²) < 4.78 is 2.26. The fraction of sp³-hybridized carbons (Fsp3) is 0.333. The Morgan fingerprint density at radius 3 is 2.90 bits per heavy atom. The van der Waals surface area contributed by atoms with Gasteiger partial charge in [0.1, 0.15) is 5.15 Å². The van der Waals surface area contributed by atoms with Crippen LogP contribution in [-0.4, -0.2) is 26.9 Å². The van der Waals surface area contributed by atoms with Crippen molar-refractivity contribution < 1.29 is 4.79 Å². The van der Waals surface area contributed by atoms with Crippen LogP contribution >= 0.6 is 11.6 Å². The van der Waals surface area contributed by atoms with Crippen LogP contribution in [0.2, 0.25) is 5.15 Å². The molecule has 0 bridgehead atoms. The number of carbonyl (C=O) groups is 1. The van der Waals surface area contributed by atoms with Crippen LogP contribution in [0.5, 0.6) is 0 Å². The molecule has 0 N–H and O–H groups in total. The second kappa shape index (κ2) is 4.94. The topological polar surface area (TPSA) is 38.1 Å². The predicted octanol–water partition coefficient (Wildman–Crippen LogP) is 3.06. The highest BCUT2D eigenvalue weighted by Gasteiger charge is 2.29. The van der Waals surface area contributed by atoms with Gasteiger partial charge in [-0.2, -0.15) is 0 Å². The molecule has 0 aliphatic carbocycles. The summed E-state index contributed by atoms with van der Waals surface area (Å²) in [7, 11) is 0. The maximum atomic E-state index is 12.6. The summed E-state index contributed by atoms with van der Waals surface area (Å²) in [5.74, 6) is -0.0549. The Bertz CT molecular complexity index is 665. The second-order valence-electron chi connectivity index (χ2n) is 5.07. The SMILES string of the molecule is Cc1ccc2n1CCN(C(=O)c1cccnc1Cl)C2C. The van der Waals surface area contributed by atoms with E-state index in [9.17, 15) is 4.79 Å². The standard InChI is InChI=1S/C15H16ClN3O/c1-10-5-6-13-11(2)19(9-8-18(10)13)15(20)12-4-3-7-17-14(12)16/h3-7,11H,8-9H2,1-2H3. The molecule has 5 heteroatoms. The molecule has 0 saturated heterocycles. The first kappa shape index (κ1) is 13.2. The van der Waals surface area contributed by atoms with Crippen molar-refractivity contribution in [1.82, 2.24) is 14.5 Å². The summed E-state index contributed by atoms with van der Waals surface area (Å²) in [4.78, 5) is 18.5. The van der Waals surface area contributed by atoms with Gasteiger partial charge >= 0.3 is 0 Å². The Morgan fingerprint density at radius 1 is 1.35 bits per heavy atom. The highest BCUT2D eigenvalue weighted by atomic mass is 35.5. The van der Waals surface area contributed by atoms with Crippen LogP contribution in [0, 0.1) is 6.92 Å². The van der Waals surface area contributed by atoms with E-state index in [1.807, 2.05) is 11.8 Å². The van der Waals surface area contributed by atoms with E-state index in [4.69, 9.17) is 11.6 Å². The molecule has 3 rings (SSSR count). The summed E-state index contributed by atoms with van der Waals surface area (Å²) >= 11 is 6.03. The van der Waals surface area contributed by atoms with Gasteiger partial charge in [0.05, 0.1) is 11.6 Å². The Morgan fingerprint density at radius 2 is 2.15 bits per heavy atom. The molecule has 0 fully saturated rings. The van der Waals surface area contributed by atoms with E-state index in [2.05, 4.69) is 28.6 Å². The third kappa shape index (κ3) is 2.00. The van der Waals surface area contributed by atoms with E-state index in [1.54, 1.807) is 18.3 Å². The normalized spacial score (nSPS) is 17.9. The molecule has 1 amide bonds. The number of amides is 1. The number of hydrogen-bond acceptors (Lipinski definition) is 2. The minimum atomic E-state index is -0.0549. The maximum absolute atomic E-state index is 12.6. The highest BCUT2D eigenvalue weighted by Crippen LogP contribution is 2.29. The van der Waals surface area contributed by atoms with Crippen LogP contribution in [0.15, 0.2) is 30.5 Å². The molecule has 1 unspecified atom stereocenters. The molecule has 2 aromatic heterocycles. The Labute approximate surface area is 123 Å². The molecule has 0 spiro atoms. The number of aromatic nitrogens is 2. The average molecular weight is 290 g/mol. The van der Waals surface area contributed by atoms with E-state index in [0.29, 0.717) is 12.1 Å². The fourth-order valence-electron chi connectivity index (χ4n) is 2.80. The summed E-state index contributed by atoms with van der Waals surface area (Å²) in [6.45, 7) is 5.65. The largest absolute Gasteiger partial charge is 0.345 e. The zero-order chi connectivity index (χ0) is 14.3. The highest BCUT2D eigenvalue weighted by molar-refractivity contribution is 6.32. The Kier molecular flexibility index (Phi) is 3.26. The molecule has 104 valence electrons. The van der Waals surface area contributed by atoms with Gasteiger partial charge in [0.25, 0.3) is 5.91 Å². The molecular formula is C15H16ClN3O. The van der Waals surface area contributed by atoms with E-state index < -0.39 is 0 Å². The van der Waals surface area contributed by atoms with E-state index in [1.165, 1.54) is 11.4 Å². The number of pyridine rings is 1. The molecule has 1 atom stereocenters. The van der Waals surface area contributed by atoms with Crippen molar-refractivity contribution in [1.29, 1.82) is 0 Å². The first-order valence-corrected chi connectivity index (χ1v) is 7.05. The van der Waals surface area contributed by atoms with Gasteiger partial charge in [-0.3, -0.25) is 4.79 Å². The molecule has 1 aliphatic rings. The molecule has 2 aromatic rings. The van der Waals surface area contributed by atoms with Gasteiger partial charge in [-0.15, -0.1) is 0 Å². The van der Waals surface area contributed by atoms with Crippen molar-refractivity contribution in [2.45, 2.75) is 26.4 Å². The third-order valence-corrected chi connectivity index (χ3v) is 4.24. The number of nitrogens with zero attached hydrogens (tertiary/aromatic N) is 3. The zero-order valence-electron chi connectivity index (χ0n) is 11.5. The van der Waals surface area contributed by atoms with Gasteiger partial charge in [-0.1, -0.05) is 11.6 Å². The minimum Gasteiger partial charge on any atom is -0.345 e. The summed E-state index contributed by atoms with van der Waals surface area (Å²) in [5.41, 5.74) is 2.87. The fourth-order valence-corrected chi connectivity index (χ4v) is 3.00. The van der Waals surface area contributed by atoms with Crippen molar-refractivity contribution >= 4 is 17.5 Å². The molecular weight excluding hydrogens is 274 g/mol. The van der Waals surface area contributed by atoms with Crippen LogP contribution in [0.3, 0.4) is 0 Å². The second-order valence-corrected chi connectivity index (χ2v) is 5.43. The van der Waals surface area contributed by atoms with E-state index in [0.717, 1.165) is 6.54 Å². The molecule has 1 aliphatic heterocycles. The molecule has 0 aromatic carbocycles. The van der Waals surface area contributed by atoms with Gasteiger partial charge in [0.2, 0.25) is 0 Å². The number of fused-ring (bicyclic) bond motifs is 1. The van der Waals surface area contributed by atoms with Crippen LogP contribution in [0.25, 0.3) is 0 Å². The van der Waals surface area contributed by atoms with Crippen LogP contribution in [-0.2, 0) is 6.54 Å². The quantitative estimate of drug-likeness (QED) is 0.757. The van der Waals surface area contributed by atoms with Gasteiger partial charge in [-0.05, 0) is 38.1 Å². The van der Waals surface area contributed by atoms with Crippen molar-refractivity contribution in [2.24, 2.45) is 0 Å². The van der Waals surface area contributed by atoms with E-state index in [-0.39, 0.29) is 17.1 Å². The molecule has 0 radical (unpaired) electrons. The molecule has 0 saturated carbocycles. The van der Waals surface area contributed by atoms with Gasteiger partial charge in [0.15, 0.2) is 0 Å². The Hall–Kier alpha value is -1.81. The van der Waals surface area contributed by atoms with Crippen molar-refractivity contribution in [3.8, 4) is 0 Å². The summed E-state index contributed by atoms with van der Waals surface area (Å²) in [6, 6.07) is 7.69. The number of rotatable bonds is 1. The third-order valence-electron chi connectivity index (χ3n) is 3.94. The van der Waals surface area contributed by atoms with Gasteiger partial charge < -0.3 is 9.47 Å². The lowest BCUT2D eigenvalue weighted by Crippen LogP contribution is -2.41. The minimum absolute atomic E-state index is 0.0428. The summed E-state index contributed by atoms with van der Waals surface area (Å²) in [6.07, 6.45) is 1.59. The molecule has 20 heavy (non-hydrogen) atoms. The first-order valence-electron chi connectivity index (χ1n) is 6.67. The number of halogens is 1. The molecule has 3 heterocycles. The number of carbonyl (C=O) groups excluding carboxylic acids is 1. The van der Waals surface area contributed by atoms with Gasteiger partial charge in [0, 0.05) is 30.7 Å². The van der Waals surface area contributed by atoms with Gasteiger partial charge in [-0.25, -0.2) is 4.98 Å². The van der Waals surface area contributed by atoms with Crippen LogP contribution < -0.4 is 0 Å².